The van der Waals surface area contributed by atoms with Crippen molar-refractivity contribution >= 4 is 34.4 Å². The normalized spacial score (nSPS) is 11.6. The maximum Gasteiger partial charge on any atom is 0.272 e. The van der Waals surface area contributed by atoms with Crippen molar-refractivity contribution < 1.29 is 23.8 Å². The zero-order valence-electron chi connectivity index (χ0n) is 20.3. The molecule has 0 spiro atoms. The second-order valence-electron chi connectivity index (χ2n) is 8.70. The first-order valence-electron chi connectivity index (χ1n) is 10.8. The molecule has 3 rings (SSSR count). The van der Waals surface area contributed by atoms with Gasteiger partial charge in [0.25, 0.3) is 5.91 Å². The molecule has 0 saturated heterocycles. The highest BCUT2D eigenvalue weighted by atomic mass is 16.5. The van der Waals surface area contributed by atoms with Crippen molar-refractivity contribution in [3.05, 3.63) is 65.9 Å². The predicted octanol–water partition coefficient (Wildman–Crippen LogP) is 5.01. The third kappa shape index (κ3) is 5.49. The molecule has 2 N–H and O–H groups in total. The fraction of sp³-hybridized carbons (Fsp3) is 0.259. The van der Waals surface area contributed by atoms with Gasteiger partial charge in [0.15, 0.2) is 11.5 Å². The van der Waals surface area contributed by atoms with E-state index in [9.17, 15) is 9.59 Å². The minimum absolute atomic E-state index is 0.0853. The van der Waals surface area contributed by atoms with Crippen molar-refractivity contribution in [1.82, 2.24) is 5.32 Å². The van der Waals surface area contributed by atoms with Crippen molar-refractivity contribution in [2.24, 2.45) is 5.41 Å². The van der Waals surface area contributed by atoms with Crippen molar-refractivity contribution in [1.29, 1.82) is 0 Å². The number of fused-ring (bicyclic) bond motifs is 1. The number of amides is 2. The molecule has 178 valence electrons. The van der Waals surface area contributed by atoms with Crippen molar-refractivity contribution in [2.75, 3.05) is 26.6 Å². The Morgan fingerprint density at radius 1 is 0.853 bits per heavy atom. The van der Waals surface area contributed by atoms with E-state index in [0.717, 1.165) is 10.8 Å². The highest BCUT2D eigenvalue weighted by molar-refractivity contribution is 6.12. The summed E-state index contributed by atoms with van der Waals surface area (Å²) in [5.74, 6) is 0.553. The molecule has 0 unspecified atom stereocenters. The summed E-state index contributed by atoms with van der Waals surface area (Å²) in [5.41, 5.74) is 0.617. The van der Waals surface area contributed by atoms with Gasteiger partial charge in [-0.25, -0.2) is 0 Å². The van der Waals surface area contributed by atoms with Gasteiger partial charge in [-0.1, -0.05) is 57.2 Å². The van der Waals surface area contributed by atoms with Crippen LogP contribution in [0.3, 0.4) is 0 Å². The molecule has 3 aromatic rings. The van der Waals surface area contributed by atoms with Gasteiger partial charge in [-0.2, -0.15) is 0 Å². The summed E-state index contributed by atoms with van der Waals surface area (Å²) in [5, 5.41) is 7.60. The van der Waals surface area contributed by atoms with Crippen LogP contribution in [-0.4, -0.2) is 33.1 Å². The van der Waals surface area contributed by atoms with Gasteiger partial charge in [-0.05, 0) is 35.2 Å². The number of anilines is 1. The smallest absolute Gasteiger partial charge is 0.272 e. The number of ether oxygens (including phenoxy) is 3. The van der Waals surface area contributed by atoms with Crippen LogP contribution in [0.25, 0.3) is 16.8 Å². The minimum Gasteiger partial charge on any atom is -0.493 e. The van der Waals surface area contributed by atoms with Crippen LogP contribution in [0.15, 0.2) is 60.3 Å². The topological polar surface area (TPSA) is 85.9 Å². The van der Waals surface area contributed by atoms with Gasteiger partial charge in [-0.15, -0.1) is 0 Å². The lowest BCUT2D eigenvalue weighted by molar-refractivity contribution is -0.128. The number of benzene rings is 3. The van der Waals surface area contributed by atoms with Gasteiger partial charge in [0.05, 0.1) is 21.3 Å². The van der Waals surface area contributed by atoms with Crippen LogP contribution < -0.4 is 24.8 Å². The van der Waals surface area contributed by atoms with E-state index in [1.807, 2.05) is 42.5 Å². The second-order valence-corrected chi connectivity index (χ2v) is 8.70. The zero-order chi connectivity index (χ0) is 24.9. The third-order valence-corrected chi connectivity index (χ3v) is 5.21. The largest absolute Gasteiger partial charge is 0.493 e. The van der Waals surface area contributed by atoms with Crippen LogP contribution in [0, 0.1) is 5.41 Å². The summed E-state index contributed by atoms with van der Waals surface area (Å²) in [6.45, 7) is 5.34. The van der Waals surface area contributed by atoms with Crippen LogP contribution in [0.4, 0.5) is 5.69 Å². The van der Waals surface area contributed by atoms with Gasteiger partial charge >= 0.3 is 0 Å². The van der Waals surface area contributed by atoms with E-state index in [4.69, 9.17) is 14.2 Å². The molecule has 0 bridgehead atoms. The molecule has 0 heterocycles. The van der Waals surface area contributed by atoms with Gasteiger partial charge in [-0.3, -0.25) is 9.59 Å². The average molecular weight is 463 g/mol. The number of carbonyl (C=O) groups is 2. The van der Waals surface area contributed by atoms with Crippen molar-refractivity contribution in [2.45, 2.75) is 20.8 Å². The number of hydrogen-bond donors (Lipinski definition) is 2. The summed E-state index contributed by atoms with van der Waals surface area (Å²) >= 11 is 0. The van der Waals surface area contributed by atoms with Crippen LogP contribution in [0.1, 0.15) is 26.3 Å². The van der Waals surface area contributed by atoms with Crippen molar-refractivity contribution in [3.8, 4) is 17.2 Å². The Morgan fingerprint density at radius 3 is 2.06 bits per heavy atom. The number of hydrogen-bond acceptors (Lipinski definition) is 5. The zero-order valence-corrected chi connectivity index (χ0v) is 20.3. The molecule has 0 saturated carbocycles. The molecule has 2 amide bonds. The second kappa shape index (κ2) is 10.3. The molecular weight excluding hydrogens is 432 g/mol. The summed E-state index contributed by atoms with van der Waals surface area (Å²) < 4.78 is 16.2. The molecule has 0 aliphatic heterocycles. The summed E-state index contributed by atoms with van der Waals surface area (Å²) in [6, 6.07) is 16.8. The number of carbonyl (C=O) groups excluding carboxylic acids is 2. The van der Waals surface area contributed by atoms with Crippen LogP contribution in [0.2, 0.25) is 0 Å². The first-order chi connectivity index (χ1) is 16.2. The Hall–Kier alpha value is -4.00. The fourth-order valence-electron chi connectivity index (χ4n) is 3.34. The monoisotopic (exact) mass is 462 g/mol. The van der Waals surface area contributed by atoms with Crippen LogP contribution in [-0.2, 0) is 9.59 Å². The Bertz CT molecular complexity index is 1210. The molecule has 3 aromatic carbocycles. The molecule has 0 aliphatic rings. The van der Waals surface area contributed by atoms with E-state index >= 15 is 0 Å². The van der Waals surface area contributed by atoms with E-state index in [-0.39, 0.29) is 11.6 Å². The molecule has 0 aromatic heterocycles. The molecule has 34 heavy (non-hydrogen) atoms. The first-order valence-corrected chi connectivity index (χ1v) is 10.8. The maximum absolute atomic E-state index is 13.4. The number of methoxy groups -OCH3 is 3. The molecule has 7 nitrogen and oxygen atoms in total. The van der Waals surface area contributed by atoms with Gasteiger partial charge < -0.3 is 24.8 Å². The summed E-state index contributed by atoms with van der Waals surface area (Å²) in [7, 11) is 4.54. The Labute approximate surface area is 199 Å². The number of rotatable bonds is 7. The predicted molar refractivity (Wildman–Crippen MR) is 134 cm³/mol. The standard InChI is InChI=1S/C27H30N2O5/c1-27(2,3)26(31)29-21(14-17-15-22(32-4)24(34-6)23(16-17)33-5)25(30)28-20-13-9-11-18-10-7-8-12-19(18)20/h7-16H,1-6H3,(H,28,30)(H,29,31)/b21-14+. The summed E-state index contributed by atoms with van der Waals surface area (Å²) in [4.78, 5) is 26.2. The Morgan fingerprint density at radius 2 is 1.47 bits per heavy atom. The van der Waals surface area contributed by atoms with Crippen molar-refractivity contribution in [3.63, 3.8) is 0 Å². The maximum atomic E-state index is 13.4. The average Bonchev–Trinajstić information content (AvgIpc) is 2.82. The molecule has 0 aliphatic carbocycles. The van der Waals surface area contributed by atoms with E-state index in [1.54, 1.807) is 39.0 Å². The SMILES string of the molecule is COc1cc(/C=C(/NC(=O)C(C)(C)C)C(=O)Nc2cccc3ccccc23)cc(OC)c1OC. The van der Waals surface area contributed by atoms with Gasteiger partial charge in [0.2, 0.25) is 11.7 Å². The lowest BCUT2D eigenvalue weighted by Crippen LogP contribution is -2.38. The molecule has 7 heteroatoms. The Balaban J connectivity index is 2.05. The highest BCUT2D eigenvalue weighted by Gasteiger charge is 2.25. The quantitative estimate of drug-likeness (QED) is 0.482. The lowest BCUT2D eigenvalue weighted by Gasteiger charge is -2.20. The third-order valence-electron chi connectivity index (χ3n) is 5.21. The molecule has 0 fully saturated rings. The molecule has 0 atom stereocenters. The highest BCUT2D eigenvalue weighted by Crippen LogP contribution is 2.38. The van der Waals surface area contributed by atoms with Gasteiger partial charge in [0, 0.05) is 16.5 Å². The van der Waals surface area contributed by atoms with E-state index in [2.05, 4.69) is 10.6 Å². The van der Waals surface area contributed by atoms with Crippen LogP contribution >= 0.6 is 0 Å². The Kier molecular flexibility index (Phi) is 7.46. The first kappa shape index (κ1) is 24.6. The molecule has 0 radical (unpaired) electrons. The number of nitrogens with one attached hydrogen (secondary N) is 2. The van der Waals surface area contributed by atoms with Gasteiger partial charge in [0.1, 0.15) is 5.70 Å². The summed E-state index contributed by atoms with van der Waals surface area (Å²) in [6.07, 6.45) is 1.58. The van der Waals surface area contributed by atoms with Crippen LogP contribution in [0.5, 0.6) is 17.2 Å². The van der Waals surface area contributed by atoms with E-state index < -0.39 is 11.3 Å². The lowest BCUT2D eigenvalue weighted by atomic mass is 9.95. The van der Waals surface area contributed by atoms with E-state index in [0.29, 0.717) is 28.5 Å². The molecular formula is C27H30N2O5. The van der Waals surface area contributed by atoms with E-state index in [1.165, 1.54) is 21.3 Å². The minimum atomic E-state index is -0.700. The fourth-order valence-corrected chi connectivity index (χ4v) is 3.34.